The number of aliphatic carboxylic acids is 1. The van der Waals surface area contributed by atoms with E-state index >= 15 is 0 Å². The Morgan fingerprint density at radius 3 is 2.54 bits per heavy atom. The second-order valence-electron chi connectivity index (χ2n) is 6.92. The van der Waals surface area contributed by atoms with Crippen LogP contribution in [0.15, 0.2) is 48.6 Å². The van der Waals surface area contributed by atoms with Crippen molar-refractivity contribution in [2.24, 2.45) is 0 Å². The molecule has 1 aliphatic rings. The predicted octanol–water partition coefficient (Wildman–Crippen LogP) is 2.90. The molecule has 0 saturated carbocycles. The second-order valence-corrected chi connectivity index (χ2v) is 6.92. The van der Waals surface area contributed by atoms with Gasteiger partial charge in [-0.1, -0.05) is 55.5 Å². The minimum absolute atomic E-state index is 0.131. The van der Waals surface area contributed by atoms with Crippen molar-refractivity contribution in [3.63, 3.8) is 0 Å². The zero-order valence-electron chi connectivity index (χ0n) is 16.6. The fourth-order valence-electron chi connectivity index (χ4n) is 2.84. The van der Waals surface area contributed by atoms with Gasteiger partial charge in [-0.2, -0.15) is 0 Å². The van der Waals surface area contributed by atoms with Crippen LogP contribution in [-0.4, -0.2) is 56.9 Å². The number of allylic oxidation sites excluding steroid dienone is 4. The van der Waals surface area contributed by atoms with Crippen LogP contribution in [0.4, 0.5) is 0 Å². The zero-order valence-corrected chi connectivity index (χ0v) is 16.6. The van der Waals surface area contributed by atoms with Crippen molar-refractivity contribution in [3.05, 3.63) is 48.6 Å². The smallest absolute Gasteiger partial charge is 0.303 e. The lowest BCUT2D eigenvalue weighted by Crippen LogP contribution is -2.25. The van der Waals surface area contributed by atoms with Gasteiger partial charge in [0.25, 0.3) is 0 Å². The summed E-state index contributed by atoms with van der Waals surface area (Å²) in [6, 6.07) is 0. The van der Waals surface area contributed by atoms with E-state index in [2.05, 4.69) is 0 Å². The highest BCUT2D eigenvalue weighted by molar-refractivity contribution is 5.66. The Morgan fingerprint density at radius 1 is 1.11 bits per heavy atom. The first-order chi connectivity index (χ1) is 13.4. The van der Waals surface area contributed by atoms with E-state index in [1.54, 1.807) is 12.2 Å². The number of aliphatic hydroxyl groups is 3. The summed E-state index contributed by atoms with van der Waals surface area (Å²) in [7, 11) is 0. The quantitative estimate of drug-likeness (QED) is 0.358. The SMILES string of the molecule is CC/C=C\CC(O)C1CC(O)C(/C=C/C(O)C/C=C\C/C=C\CCC(=O)O)O1. The monoisotopic (exact) mass is 394 g/mol. The van der Waals surface area contributed by atoms with Crippen molar-refractivity contribution in [1.29, 1.82) is 0 Å². The van der Waals surface area contributed by atoms with Crippen LogP contribution in [0.2, 0.25) is 0 Å². The van der Waals surface area contributed by atoms with Gasteiger partial charge in [0.05, 0.1) is 24.4 Å². The van der Waals surface area contributed by atoms with E-state index in [0.717, 1.165) is 6.42 Å². The molecular formula is C22H34O6. The fraction of sp³-hybridized carbons (Fsp3) is 0.591. The van der Waals surface area contributed by atoms with E-state index in [4.69, 9.17) is 9.84 Å². The molecule has 0 aromatic heterocycles. The standard InChI is InChI=1S/C22H34O6/c1-2-3-8-12-18(24)21-16-19(25)20(28-21)15-14-17(23)11-9-6-4-5-7-10-13-22(26)27/h3,5-9,14-15,17-21,23-25H,2,4,10-13,16H2,1H3,(H,26,27)/b7-5-,8-3-,9-6-,15-14+. The molecule has 1 rings (SSSR count). The number of hydrogen-bond acceptors (Lipinski definition) is 5. The third-order valence-corrected chi connectivity index (χ3v) is 4.42. The molecule has 0 bridgehead atoms. The molecule has 0 aromatic carbocycles. The molecule has 1 aliphatic heterocycles. The van der Waals surface area contributed by atoms with Gasteiger partial charge in [-0.15, -0.1) is 0 Å². The molecule has 6 heteroatoms. The summed E-state index contributed by atoms with van der Waals surface area (Å²) in [6.45, 7) is 2.03. The maximum absolute atomic E-state index is 10.4. The lowest BCUT2D eigenvalue weighted by Gasteiger charge is -2.16. The molecular weight excluding hydrogens is 360 g/mol. The van der Waals surface area contributed by atoms with Crippen LogP contribution in [0.25, 0.3) is 0 Å². The minimum atomic E-state index is -0.805. The first kappa shape index (κ1) is 24.3. The average Bonchev–Trinajstić information content (AvgIpc) is 3.03. The van der Waals surface area contributed by atoms with E-state index < -0.39 is 36.5 Å². The molecule has 5 unspecified atom stereocenters. The number of carboxylic acid groups (broad SMARTS) is 1. The molecule has 0 spiro atoms. The summed E-state index contributed by atoms with van der Waals surface area (Å²) in [5, 5.41) is 38.8. The molecule has 1 saturated heterocycles. The molecule has 5 atom stereocenters. The van der Waals surface area contributed by atoms with Crippen molar-refractivity contribution in [1.82, 2.24) is 0 Å². The van der Waals surface area contributed by atoms with Gasteiger partial charge in [-0.05, 0) is 32.1 Å². The molecule has 28 heavy (non-hydrogen) atoms. The van der Waals surface area contributed by atoms with Crippen LogP contribution >= 0.6 is 0 Å². The molecule has 6 nitrogen and oxygen atoms in total. The van der Waals surface area contributed by atoms with E-state index in [1.165, 1.54) is 0 Å². The summed E-state index contributed by atoms with van der Waals surface area (Å²) in [4.78, 5) is 10.4. The molecule has 0 amide bonds. The van der Waals surface area contributed by atoms with Crippen LogP contribution in [-0.2, 0) is 9.53 Å². The maximum atomic E-state index is 10.4. The molecule has 1 fully saturated rings. The van der Waals surface area contributed by atoms with Crippen molar-refractivity contribution in [3.8, 4) is 0 Å². The Kier molecular flexibility index (Phi) is 12.4. The molecule has 4 N–H and O–H groups in total. The van der Waals surface area contributed by atoms with Gasteiger partial charge in [0.15, 0.2) is 0 Å². The first-order valence-corrected chi connectivity index (χ1v) is 9.98. The van der Waals surface area contributed by atoms with Gasteiger partial charge in [-0.3, -0.25) is 4.79 Å². The van der Waals surface area contributed by atoms with Crippen LogP contribution in [0.1, 0.15) is 51.9 Å². The number of carbonyl (C=O) groups is 1. The van der Waals surface area contributed by atoms with Crippen molar-refractivity contribution in [2.75, 3.05) is 0 Å². The summed E-state index contributed by atoms with van der Waals surface area (Å²) in [5.41, 5.74) is 0. The van der Waals surface area contributed by atoms with E-state index in [-0.39, 0.29) is 6.42 Å². The summed E-state index contributed by atoms with van der Waals surface area (Å²) >= 11 is 0. The highest BCUT2D eigenvalue weighted by atomic mass is 16.5. The summed E-state index contributed by atoms with van der Waals surface area (Å²) in [5.74, 6) is -0.805. The van der Waals surface area contributed by atoms with Gasteiger partial charge in [0.1, 0.15) is 6.10 Å². The van der Waals surface area contributed by atoms with Crippen LogP contribution in [0.5, 0.6) is 0 Å². The third kappa shape index (κ3) is 10.6. The summed E-state index contributed by atoms with van der Waals surface area (Å²) < 4.78 is 5.71. The Morgan fingerprint density at radius 2 is 1.82 bits per heavy atom. The van der Waals surface area contributed by atoms with Crippen LogP contribution in [0.3, 0.4) is 0 Å². The largest absolute Gasteiger partial charge is 0.481 e. The number of rotatable bonds is 13. The van der Waals surface area contributed by atoms with E-state index in [9.17, 15) is 20.1 Å². The van der Waals surface area contributed by atoms with Gasteiger partial charge in [0, 0.05) is 12.8 Å². The molecule has 0 radical (unpaired) electrons. The van der Waals surface area contributed by atoms with Gasteiger partial charge < -0.3 is 25.2 Å². The maximum Gasteiger partial charge on any atom is 0.303 e. The highest BCUT2D eigenvalue weighted by Crippen LogP contribution is 2.25. The Balaban J connectivity index is 2.29. The predicted molar refractivity (Wildman–Crippen MR) is 109 cm³/mol. The second kappa shape index (κ2) is 14.3. The van der Waals surface area contributed by atoms with Gasteiger partial charge in [-0.25, -0.2) is 0 Å². The Bertz CT molecular complexity index is 551. The zero-order chi connectivity index (χ0) is 20.8. The average molecular weight is 395 g/mol. The van der Waals surface area contributed by atoms with Gasteiger partial charge >= 0.3 is 5.97 Å². The molecule has 0 aromatic rings. The van der Waals surface area contributed by atoms with Crippen LogP contribution < -0.4 is 0 Å². The topological polar surface area (TPSA) is 107 Å². The molecule has 158 valence electrons. The summed E-state index contributed by atoms with van der Waals surface area (Å²) in [6.07, 6.45) is 15.3. The highest BCUT2D eigenvalue weighted by Gasteiger charge is 2.35. The molecule has 1 heterocycles. The Hall–Kier alpha value is -1.73. The van der Waals surface area contributed by atoms with Crippen LogP contribution in [0, 0.1) is 0 Å². The number of hydrogen-bond donors (Lipinski definition) is 4. The fourth-order valence-corrected chi connectivity index (χ4v) is 2.84. The van der Waals surface area contributed by atoms with Gasteiger partial charge in [0.2, 0.25) is 0 Å². The third-order valence-electron chi connectivity index (χ3n) is 4.42. The van der Waals surface area contributed by atoms with Crippen molar-refractivity contribution in [2.45, 2.75) is 82.4 Å². The number of aliphatic hydroxyl groups excluding tert-OH is 3. The van der Waals surface area contributed by atoms with Crippen molar-refractivity contribution < 1.29 is 30.0 Å². The number of ether oxygens (including phenoxy) is 1. The minimum Gasteiger partial charge on any atom is -0.481 e. The Labute approximate surface area is 167 Å². The van der Waals surface area contributed by atoms with E-state index in [0.29, 0.717) is 32.1 Å². The first-order valence-electron chi connectivity index (χ1n) is 9.98. The normalized spacial score (nSPS) is 25.5. The lowest BCUT2D eigenvalue weighted by atomic mass is 10.0. The van der Waals surface area contributed by atoms with E-state index in [1.807, 2.05) is 43.4 Å². The van der Waals surface area contributed by atoms with Crippen molar-refractivity contribution >= 4 is 5.97 Å². The number of carboxylic acids is 1. The lowest BCUT2D eigenvalue weighted by molar-refractivity contribution is -0.136. The molecule has 0 aliphatic carbocycles.